The molecule has 0 atom stereocenters. The van der Waals surface area contributed by atoms with Crippen LogP contribution < -0.4 is 15.0 Å². The number of benzene rings is 1. The molecule has 0 aliphatic carbocycles. The van der Waals surface area contributed by atoms with E-state index in [1.165, 1.54) is 4.57 Å². The van der Waals surface area contributed by atoms with Crippen molar-refractivity contribution < 1.29 is 14.2 Å². The number of thiol groups is 1. The largest absolute Gasteiger partial charge is 0.497 e. The molecule has 0 aliphatic heterocycles. The van der Waals surface area contributed by atoms with Crippen molar-refractivity contribution in [2.45, 2.75) is 13.3 Å². The van der Waals surface area contributed by atoms with Gasteiger partial charge < -0.3 is 14.2 Å². The first kappa shape index (κ1) is 22.1. The number of methoxy groups -OCH3 is 1. The third kappa shape index (κ3) is 5.96. The normalized spacial score (nSPS) is 13.0. The monoisotopic (exact) mass is 433 g/mol. The van der Waals surface area contributed by atoms with Gasteiger partial charge in [-0.05, 0) is 55.0 Å². The molecule has 8 heteroatoms. The summed E-state index contributed by atoms with van der Waals surface area (Å²) in [5, 5.41) is 0.483. The van der Waals surface area contributed by atoms with Gasteiger partial charge in [-0.3, -0.25) is 18.5 Å². The van der Waals surface area contributed by atoms with Crippen LogP contribution in [0, 0.1) is 0 Å². The Morgan fingerprint density at radius 3 is 2.57 bits per heavy atom. The van der Waals surface area contributed by atoms with Gasteiger partial charge in [0.25, 0.3) is 5.56 Å². The second kappa shape index (κ2) is 8.65. The Balaban J connectivity index is 1.89. The number of aromatic nitrogens is 3. The van der Waals surface area contributed by atoms with Crippen LogP contribution in [0.25, 0.3) is 10.9 Å². The second-order valence-corrected chi connectivity index (χ2v) is 17.7. The third-order valence-electron chi connectivity index (χ3n) is 4.58. The Kier molecular flexibility index (Phi) is 6.38. The minimum atomic E-state index is -1.68. The summed E-state index contributed by atoms with van der Waals surface area (Å²) in [6, 6.07) is 10.7. The minimum Gasteiger partial charge on any atom is -0.497 e. The van der Waals surface area contributed by atoms with Crippen LogP contribution in [-0.2, 0) is 18.1 Å². The van der Waals surface area contributed by atoms with E-state index in [9.17, 15) is 4.79 Å². The number of hydrogen-bond acceptors (Lipinski definition) is 6. The van der Waals surface area contributed by atoms with Gasteiger partial charge >= 0.3 is 0 Å². The smallest absolute Gasteiger partial charge is 0.263 e. The first-order valence-electron chi connectivity index (χ1n) is 9.81. The minimum absolute atomic E-state index is 0.111. The molecule has 1 aromatic carbocycles. The molecule has 0 bridgehead atoms. The van der Waals surface area contributed by atoms with E-state index in [-0.39, 0.29) is 18.9 Å². The average molecular weight is 434 g/mol. The number of nitrogens with zero attached hydrogens (tertiary/aromatic N) is 3. The van der Waals surface area contributed by atoms with E-state index < -0.39 is 9.16 Å². The van der Waals surface area contributed by atoms with E-state index >= 15 is 0 Å². The highest BCUT2D eigenvalue weighted by Crippen LogP contribution is 2.54. The molecule has 3 aromatic rings. The van der Waals surface area contributed by atoms with Crippen molar-refractivity contribution in [1.82, 2.24) is 14.5 Å². The van der Waals surface area contributed by atoms with Gasteiger partial charge in [0.05, 0.1) is 24.6 Å². The van der Waals surface area contributed by atoms with E-state index in [1.54, 1.807) is 37.6 Å². The molecule has 0 unspecified atom stereocenters. The van der Waals surface area contributed by atoms with Crippen molar-refractivity contribution in [2.24, 2.45) is 0 Å². The van der Waals surface area contributed by atoms with Crippen LogP contribution in [0.4, 0.5) is 0 Å². The molecule has 164 valence electrons. The van der Waals surface area contributed by atoms with Gasteiger partial charge in [-0.15, -0.1) is 0 Å². The number of fused-ring (bicyclic) bond motifs is 1. The molecule has 2 heterocycles. The predicted molar refractivity (Wildman–Crippen MR) is 125 cm³/mol. The van der Waals surface area contributed by atoms with Gasteiger partial charge in [-0.1, -0.05) is 6.07 Å². The maximum atomic E-state index is 13.2. The molecule has 0 amide bonds. The van der Waals surface area contributed by atoms with Crippen LogP contribution in [0.2, 0.25) is 0 Å². The summed E-state index contributed by atoms with van der Waals surface area (Å²) in [6.45, 7) is 0.813. The SMILES string of the molecule is COc1ccc2nc(COc3ccccn3)n(COCC[SH](C)(C)(C)C)c(=O)c2c1. The summed E-state index contributed by atoms with van der Waals surface area (Å²) in [4.78, 5) is 22.0. The van der Waals surface area contributed by atoms with Gasteiger partial charge in [0.15, 0.2) is 5.82 Å². The molecule has 0 N–H and O–H groups in total. The molecule has 0 saturated heterocycles. The van der Waals surface area contributed by atoms with Crippen LogP contribution in [0.1, 0.15) is 5.82 Å². The number of pyridine rings is 1. The number of ether oxygens (including phenoxy) is 3. The van der Waals surface area contributed by atoms with Crippen LogP contribution >= 0.6 is 9.16 Å². The lowest BCUT2D eigenvalue weighted by atomic mass is 10.2. The van der Waals surface area contributed by atoms with E-state index in [1.807, 2.05) is 12.1 Å². The van der Waals surface area contributed by atoms with Gasteiger partial charge in [-0.2, -0.15) is 0 Å². The maximum absolute atomic E-state index is 13.2. The molecule has 0 fully saturated rings. The number of rotatable bonds is 9. The van der Waals surface area contributed by atoms with Crippen molar-refractivity contribution in [3.8, 4) is 11.6 Å². The summed E-state index contributed by atoms with van der Waals surface area (Å²) in [5.41, 5.74) is 0.405. The fourth-order valence-corrected chi connectivity index (χ4v) is 3.63. The average Bonchev–Trinajstić information content (AvgIpc) is 2.70. The summed E-state index contributed by atoms with van der Waals surface area (Å²) >= 11 is 0. The van der Waals surface area contributed by atoms with E-state index in [0.29, 0.717) is 35.0 Å². The molecular formula is C22H31N3O4S. The summed E-state index contributed by atoms with van der Waals surface area (Å²) < 4.78 is 18.4. The fraction of sp³-hybridized carbons (Fsp3) is 0.409. The summed E-state index contributed by atoms with van der Waals surface area (Å²) in [5.74, 6) is 2.55. The summed E-state index contributed by atoms with van der Waals surface area (Å²) in [6.07, 6.45) is 10.9. The molecule has 2 aromatic heterocycles. The standard InChI is InChI=1S/C22H31N3O4S/c1-27-17-9-10-19-18(14-17)22(26)25(16-28-12-13-30(2,3,4)5)20(24-19)15-29-21-8-6-7-11-23-21/h6-11,14,30H,12-13,15-16H2,1-5H3. The lowest BCUT2D eigenvalue weighted by molar-refractivity contribution is 0.0812. The van der Waals surface area contributed by atoms with Gasteiger partial charge in [0.1, 0.15) is 19.1 Å². The Labute approximate surface area is 177 Å². The zero-order chi connectivity index (χ0) is 21.8. The molecule has 30 heavy (non-hydrogen) atoms. The zero-order valence-electron chi connectivity index (χ0n) is 18.3. The third-order valence-corrected chi connectivity index (χ3v) is 6.55. The Bertz CT molecular complexity index is 1070. The first-order valence-corrected chi connectivity index (χ1v) is 14.0. The Hall–Kier alpha value is -2.58. The number of hydrogen-bond donors (Lipinski definition) is 1. The van der Waals surface area contributed by atoms with Crippen LogP contribution in [0.15, 0.2) is 47.4 Å². The molecular weight excluding hydrogens is 402 g/mol. The van der Waals surface area contributed by atoms with Crippen molar-refractivity contribution >= 4 is 20.1 Å². The van der Waals surface area contributed by atoms with Crippen molar-refractivity contribution in [1.29, 1.82) is 0 Å². The van der Waals surface area contributed by atoms with Crippen molar-refractivity contribution in [3.63, 3.8) is 0 Å². The molecule has 3 rings (SSSR count). The highest BCUT2D eigenvalue weighted by atomic mass is 32.3. The van der Waals surface area contributed by atoms with Gasteiger partial charge in [0.2, 0.25) is 5.88 Å². The summed E-state index contributed by atoms with van der Waals surface area (Å²) in [7, 11) is -0.106. The molecule has 0 aliphatic rings. The fourth-order valence-electron chi connectivity index (χ4n) is 2.77. The highest BCUT2D eigenvalue weighted by Gasteiger charge is 2.18. The predicted octanol–water partition coefficient (Wildman–Crippen LogP) is 2.95. The molecule has 0 saturated carbocycles. The topological polar surface area (TPSA) is 75.5 Å². The zero-order valence-corrected chi connectivity index (χ0v) is 19.2. The van der Waals surface area contributed by atoms with Gasteiger partial charge in [-0.25, -0.2) is 9.97 Å². The molecule has 0 spiro atoms. The molecule has 7 nitrogen and oxygen atoms in total. The van der Waals surface area contributed by atoms with Crippen LogP contribution in [0.3, 0.4) is 0 Å². The highest BCUT2D eigenvalue weighted by molar-refractivity contribution is 8.47. The quantitative estimate of drug-likeness (QED) is 0.413. The Morgan fingerprint density at radius 2 is 1.90 bits per heavy atom. The molecule has 0 radical (unpaired) electrons. The lowest BCUT2D eigenvalue weighted by Crippen LogP contribution is -2.28. The first-order chi connectivity index (χ1) is 14.1. The van der Waals surface area contributed by atoms with Crippen LogP contribution in [0.5, 0.6) is 11.6 Å². The maximum Gasteiger partial charge on any atom is 0.263 e. The van der Waals surface area contributed by atoms with E-state index in [2.05, 4.69) is 35.0 Å². The van der Waals surface area contributed by atoms with Crippen LogP contribution in [-0.4, -0.2) is 59.0 Å². The van der Waals surface area contributed by atoms with E-state index in [0.717, 1.165) is 5.75 Å². The van der Waals surface area contributed by atoms with Crippen molar-refractivity contribution in [3.05, 3.63) is 58.8 Å². The van der Waals surface area contributed by atoms with Gasteiger partial charge in [0, 0.05) is 12.3 Å². The lowest BCUT2D eigenvalue weighted by Gasteiger charge is -2.46. The second-order valence-electron chi connectivity index (χ2n) is 9.31. The Morgan fingerprint density at radius 1 is 1.10 bits per heavy atom. The van der Waals surface area contributed by atoms with E-state index in [4.69, 9.17) is 14.2 Å². The van der Waals surface area contributed by atoms with Crippen molar-refractivity contribution in [2.75, 3.05) is 44.5 Å².